The number of nitrogens with one attached hydrogen (secondary N) is 2. The van der Waals surface area contributed by atoms with Crippen molar-refractivity contribution in [2.75, 3.05) is 6.54 Å². The second-order valence-electron chi connectivity index (χ2n) is 5.91. The lowest BCUT2D eigenvalue weighted by Gasteiger charge is -2.15. The van der Waals surface area contributed by atoms with Crippen LogP contribution in [0.1, 0.15) is 41.0 Å². The summed E-state index contributed by atoms with van der Waals surface area (Å²) in [6.07, 6.45) is 2.54. The van der Waals surface area contributed by atoms with Gasteiger partial charge in [0.2, 0.25) is 5.91 Å². The van der Waals surface area contributed by atoms with E-state index in [1.807, 2.05) is 13.8 Å². The fraction of sp³-hybridized carbons (Fsp3) is 0.412. The lowest BCUT2D eigenvalue weighted by Crippen LogP contribution is -2.45. The van der Waals surface area contributed by atoms with E-state index in [9.17, 15) is 9.59 Å². The van der Waals surface area contributed by atoms with Crippen LogP contribution in [0.4, 0.5) is 0 Å². The van der Waals surface area contributed by atoms with E-state index >= 15 is 0 Å². The number of rotatable bonds is 2. The van der Waals surface area contributed by atoms with Crippen molar-refractivity contribution >= 4 is 22.8 Å². The molecule has 120 valence electrons. The third kappa shape index (κ3) is 3.31. The van der Waals surface area contributed by atoms with Gasteiger partial charge in [-0.3, -0.25) is 9.59 Å². The van der Waals surface area contributed by atoms with Crippen LogP contribution in [0, 0.1) is 13.8 Å². The summed E-state index contributed by atoms with van der Waals surface area (Å²) in [6.45, 7) is 4.48. The molecule has 2 aromatic rings. The lowest BCUT2D eigenvalue weighted by molar-refractivity contribution is -0.122. The monoisotopic (exact) mass is 312 g/mol. The molecule has 6 heteroatoms. The molecule has 0 saturated carbocycles. The van der Waals surface area contributed by atoms with E-state index in [-0.39, 0.29) is 11.8 Å². The second kappa shape index (κ2) is 6.32. The van der Waals surface area contributed by atoms with Crippen LogP contribution >= 0.6 is 0 Å². The normalized spacial score (nSPS) is 18.3. The largest absolute Gasteiger partial charge is 0.354 e. The van der Waals surface area contributed by atoms with Crippen molar-refractivity contribution in [3.8, 4) is 0 Å². The quantitative estimate of drug-likeness (QED) is 0.883. The fourth-order valence-electron chi connectivity index (χ4n) is 2.69. The average molecular weight is 312 g/mol. The summed E-state index contributed by atoms with van der Waals surface area (Å²) in [6, 6.07) is 4.76. The number of benzene rings is 1. The SMILES string of the molecule is Cc1nc2ccc(C(=O)N[C@@H]3CCCCNC3=O)cc2nc1C. The molecule has 1 saturated heterocycles. The van der Waals surface area contributed by atoms with E-state index in [0.717, 1.165) is 29.7 Å². The number of carbonyl (C=O) groups excluding carboxylic acids is 2. The zero-order valence-corrected chi connectivity index (χ0v) is 13.3. The predicted octanol–water partition coefficient (Wildman–Crippen LogP) is 1.65. The summed E-state index contributed by atoms with van der Waals surface area (Å²) in [5, 5.41) is 5.64. The highest BCUT2D eigenvalue weighted by Crippen LogP contribution is 2.15. The van der Waals surface area contributed by atoms with E-state index in [1.54, 1.807) is 18.2 Å². The number of aromatic nitrogens is 2. The first kappa shape index (κ1) is 15.4. The Balaban J connectivity index is 1.83. The Morgan fingerprint density at radius 1 is 1.17 bits per heavy atom. The van der Waals surface area contributed by atoms with Gasteiger partial charge in [-0.1, -0.05) is 0 Å². The maximum absolute atomic E-state index is 12.4. The molecule has 1 aliphatic rings. The summed E-state index contributed by atoms with van der Waals surface area (Å²) in [4.78, 5) is 33.3. The van der Waals surface area contributed by atoms with Crippen LogP contribution in [0.15, 0.2) is 18.2 Å². The van der Waals surface area contributed by atoms with Gasteiger partial charge in [-0.25, -0.2) is 9.97 Å². The van der Waals surface area contributed by atoms with Crippen LogP contribution in [0.5, 0.6) is 0 Å². The Hall–Kier alpha value is -2.50. The van der Waals surface area contributed by atoms with Crippen LogP contribution < -0.4 is 10.6 Å². The summed E-state index contributed by atoms with van der Waals surface area (Å²) >= 11 is 0. The highest BCUT2D eigenvalue weighted by atomic mass is 16.2. The number of amides is 2. The van der Waals surface area contributed by atoms with Crippen molar-refractivity contribution in [3.63, 3.8) is 0 Å². The molecule has 2 N–H and O–H groups in total. The molecule has 1 aromatic heterocycles. The van der Waals surface area contributed by atoms with Gasteiger partial charge in [0.05, 0.1) is 22.4 Å². The van der Waals surface area contributed by atoms with Crippen molar-refractivity contribution in [1.29, 1.82) is 0 Å². The van der Waals surface area contributed by atoms with Gasteiger partial charge in [-0.2, -0.15) is 0 Å². The lowest BCUT2D eigenvalue weighted by atomic mass is 10.1. The topological polar surface area (TPSA) is 84.0 Å². The molecule has 2 amide bonds. The van der Waals surface area contributed by atoms with E-state index < -0.39 is 6.04 Å². The molecular formula is C17H20N4O2. The van der Waals surface area contributed by atoms with Crippen LogP contribution in [0.2, 0.25) is 0 Å². The number of aryl methyl sites for hydroxylation is 2. The number of carbonyl (C=O) groups is 2. The van der Waals surface area contributed by atoms with Crippen LogP contribution in [0.3, 0.4) is 0 Å². The van der Waals surface area contributed by atoms with Gasteiger partial charge < -0.3 is 10.6 Å². The smallest absolute Gasteiger partial charge is 0.252 e. The minimum atomic E-state index is -0.466. The van der Waals surface area contributed by atoms with Crippen molar-refractivity contribution < 1.29 is 9.59 Å². The molecule has 23 heavy (non-hydrogen) atoms. The van der Waals surface area contributed by atoms with Crippen LogP contribution in [-0.4, -0.2) is 34.4 Å². The van der Waals surface area contributed by atoms with Gasteiger partial charge in [0.1, 0.15) is 6.04 Å². The average Bonchev–Trinajstić information content (AvgIpc) is 2.73. The van der Waals surface area contributed by atoms with E-state index in [4.69, 9.17) is 0 Å². The summed E-state index contributed by atoms with van der Waals surface area (Å²) < 4.78 is 0. The standard InChI is InChI=1S/C17H20N4O2/c1-10-11(2)20-15-9-12(6-7-13(15)19-10)16(22)21-14-5-3-4-8-18-17(14)23/h6-7,9,14H,3-5,8H2,1-2H3,(H,18,23)(H,21,22)/t14-/m1/s1. The van der Waals surface area contributed by atoms with Crippen molar-refractivity contribution in [1.82, 2.24) is 20.6 Å². The first-order valence-electron chi connectivity index (χ1n) is 7.88. The molecule has 6 nitrogen and oxygen atoms in total. The maximum Gasteiger partial charge on any atom is 0.252 e. The molecule has 1 aromatic carbocycles. The van der Waals surface area contributed by atoms with Crippen molar-refractivity contribution in [2.24, 2.45) is 0 Å². The highest BCUT2D eigenvalue weighted by Gasteiger charge is 2.23. The van der Waals surface area contributed by atoms with Crippen molar-refractivity contribution in [3.05, 3.63) is 35.2 Å². The number of fused-ring (bicyclic) bond motifs is 1. The molecule has 1 fully saturated rings. The first-order chi connectivity index (χ1) is 11.0. The van der Waals surface area contributed by atoms with Gasteiger partial charge in [0.15, 0.2) is 0 Å². The Morgan fingerprint density at radius 2 is 1.91 bits per heavy atom. The molecular weight excluding hydrogens is 292 g/mol. The molecule has 3 rings (SSSR count). The van der Waals surface area contributed by atoms with E-state index in [2.05, 4.69) is 20.6 Å². The third-order valence-electron chi connectivity index (χ3n) is 4.18. The minimum absolute atomic E-state index is 0.108. The molecule has 0 radical (unpaired) electrons. The number of hydrogen-bond donors (Lipinski definition) is 2. The summed E-state index contributed by atoms with van der Waals surface area (Å²) in [5.74, 6) is -0.364. The molecule has 0 unspecified atom stereocenters. The molecule has 1 aliphatic heterocycles. The minimum Gasteiger partial charge on any atom is -0.354 e. The Kier molecular flexibility index (Phi) is 4.23. The van der Waals surface area contributed by atoms with Crippen LogP contribution in [-0.2, 0) is 4.79 Å². The van der Waals surface area contributed by atoms with Crippen LogP contribution in [0.25, 0.3) is 11.0 Å². The fourth-order valence-corrected chi connectivity index (χ4v) is 2.69. The zero-order valence-electron chi connectivity index (χ0n) is 13.3. The molecule has 1 atom stereocenters. The summed E-state index contributed by atoms with van der Waals surface area (Å²) in [7, 11) is 0. The molecule has 2 heterocycles. The Bertz CT molecular complexity index is 773. The van der Waals surface area contributed by atoms with Gasteiger partial charge in [-0.15, -0.1) is 0 Å². The highest BCUT2D eigenvalue weighted by molar-refractivity contribution is 5.99. The molecule has 0 aliphatic carbocycles. The molecule has 0 spiro atoms. The second-order valence-corrected chi connectivity index (χ2v) is 5.91. The zero-order chi connectivity index (χ0) is 16.4. The van der Waals surface area contributed by atoms with Gasteiger partial charge in [-0.05, 0) is 51.3 Å². The predicted molar refractivity (Wildman–Crippen MR) is 87.1 cm³/mol. The Labute approximate surface area is 134 Å². The Morgan fingerprint density at radius 3 is 2.70 bits per heavy atom. The van der Waals surface area contributed by atoms with Crippen molar-refractivity contribution in [2.45, 2.75) is 39.2 Å². The number of nitrogens with zero attached hydrogens (tertiary/aromatic N) is 2. The summed E-state index contributed by atoms with van der Waals surface area (Å²) in [5.41, 5.74) is 3.66. The van der Waals surface area contributed by atoms with E-state index in [0.29, 0.717) is 24.0 Å². The van der Waals surface area contributed by atoms with E-state index in [1.165, 1.54) is 0 Å². The first-order valence-corrected chi connectivity index (χ1v) is 7.88. The molecule has 0 bridgehead atoms. The van der Waals surface area contributed by atoms with Gasteiger partial charge in [0, 0.05) is 12.1 Å². The maximum atomic E-state index is 12.4. The number of hydrogen-bond acceptors (Lipinski definition) is 4. The van der Waals surface area contributed by atoms with Gasteiger partial charge >= 0.3 is 0 Å². The van der Waals surface area contributed by atoms with Gasteiger partial charge in [0.25, 0.3) is 5.91 Å². The third-order valence-corrected chi connectivity index (χ3v) is 4.18.